The van der Waals surface area contributed by atoms with Gasteiger partial charge in [-0.1, -0.05) is 13.8 Å². The largest absolute Gasteiger partial charge is 0.481 e. The van der Waals surface area contributed by atoms with Crippen LogP contribution in [0.15, 0.2) is 0 Å². The van der Waals surface area contributed by atoms with Gasteiger partial charge in [0.25, 0.3) is 0 Å². The van der Waals surface area contributed by atoms with Crippen LogP contribution in [0.25, 0.3) is 0 Å². The van der Waals surface area contributed by atoms with E-state index in [-0.39, 0.29) is 53.7 Å². The fourth-order valence-corrected chi connectivity index (χ4v) is 10.1. The summed E-state index contributed by atoms with van der Waals surface area (Å²) in [6.07, 6.45) is 3.06. The van der Waals surface area contributed by atoms with Gasteiger partial charge < -0.3 is 10.2 Å². The number of fused-ring (bicyclic) bond motifs is 4. The number of ketones is 2. The third kappa shape index (κ3) is 2.60. The van der Waals surface area contributed by atoms with Crippen LogP contribution in [0.2, 0.25) is 0 Å². The molecule has 0 radical (unpaired) electrons. The number of aliphatic carboxylic acids is 1. The van der Waals surface area contributed by atoms with Crippen LogP contribution in [0, 0.1) is 28.6 Å². The summed E-state index contributed by atoms with van der Waals surface area (Å²) in [5.41, 5.74) is -1.10. The molecule has 2 N–H and O–H groups in total. The number of carbonyl (C=O) groups is 3. The monoisotopic (exact) mass is 412 g/mol. The van der Waals surface area contributed by atoms with E-state index >= 15 is 0 Å². The Morgan fingerprint density at radius 1 is 1.07 bits per heavy atom. The van der Waals surface area contributed by atoms with E-state index in [1.54, 1.807) is 23.5 Å². The van der Waals surface area contributed by atoms with Crippen molar-refractivity contribution in [2.75, 3.05) is 11.5 Å². The number of hydrogen-bond acceptors (Lipinski definition) is 6. The van der Waals surface area contributed by atoms with E-state index in [1.807, 2.05) is 6.92 Å². The molecule has 4 rings (SSSR count). The summed E-state index contributed by atoms with van der Waals surface area (Å²) in [6, 6.07) is 0. The van der Waals surface area contributed by atoms with E-state index in [9.17, 15) is 24.6 Å². The standard InChI is InChI=1S/C20H28O5S2/c1-18-7-5-12-15(11(18)3-4-13(18)21)20(26-9-10-27-20)17(25)16(24)19(12,2)8-6-14(22)23/h11-13,15,21H,3-10H2,1-2H3,(H,22,23). The van der Waals surface area contributed by atoms with Gasteiger partial charge >= 0.3 is 5.97 Å². The summed E-state index contributed by atoms with van der Waals surface area (Å²) in [4.78, 5) is 38.0. The number of aliphatic hydroxyl groups excluding tert-OH is 1. The maximum Gasteiger partial charge on any atom is 0.303 e. The molecular weight excluding hydrogens is 384 g/mol. The van der Waals surface area contributed by atoms with Gasteiger partial charge in [0, 0.05) is 23.3 Å². The quantitative estimate of drug-likeness (QED) is 0.689. The average Bonchev–Trinajstić information content (AvgIpc) is 3.23. The molecule has 4 aliphatic rings. The fourth-order valence-electron chi connectivity index (χ4n) is 6.51. The third-order valence-electron chi connectivity index (χ3n) is 8.09. The number of carbonyl (C=O) groups excluding carboxylic acids is 2. The number of hydrogen-bond donors (Lipinski definition) is 2. The van der Waals surface area contributed by atoms with Crippen LogP contribution in [0.3, 0.4) is 0 Å². The van der Waals surface area contributed by atoms with Gasteiger partial charge in [-0.3, -0.25) is 14.4 Å². The smallest absolute Gasteiger partial charge is 0.303 e. The Bertz CT molecular complexity index is 688. The predicted octanol–water partition coefficient (Wildman–Crippen LogP) is 2.99. The lowest BCUT2D eigenvalue weighted by atomic mass is 9.48. The number of carboxylic acids is 1. The molecule has 3 aliphatic carbocycles. The highest BCUT2D eigenvalue weighted by atomic mass is 32.2. The number of thioether (sulfide) groups is 2. The van der Waals surface area contributed by atoms with Crippen molar-refractivity contribution in [3.8, 4) is 0 Å². The zero-order chi connectivity index (χ0) is 19.6. The van der Waals surface area contributed by atoms with E-state index in [0.717, 1.165) is 37.2 Å². The molecule has 3 saturated carbocycles. The molecule has 1 heterocycles. The lowest BCUT2D eigenvalue weighted by Crippen LogP contribution is -2.65. The summed E-state index contributed by atoms with van der Waals surface area (Å²) in [6.45, 7) is 3.98. The second-order valence-electron chi connectivity index (χ2n) is 9.21. The number of rotatable bonds is 3. The van der Waals surface area contributed by atoms with Crippen LogP contribution in [-0.4, -0.2) is 49.4 Å². The Morgan fingerprint density at radius 3 is 2.37 bits per heavy atom. The summed E-state index contributed by atoms with van der Waals surface area (Å²) in [5.74, 6) is 0.429. The first-order valence-corrected chi connectivity index (χ1v) is 11.9. The number of Topliss-reactive ketones (excluding diaryl/α,β-unsaturated/α-hetero) is 2. The minimum absolute atomic E-state index is 0.0172. The third-order valence-corrected chi connectivity index (χ3v) is 11.6. The van der Waals surface area contributed by atoms with Crippen molar-refractivity contribution in [2.45, 2.75) is 62.6 Å². The summed E-state index contributed by atoms with van der Waals surface area (Å²) in [5, 5.41) is 19.9. The van der Waals surface area contributed by atoms with Gasteiger partial charge in [-0.25, -0.2) is 0 Å². The molecule has 1 saturated heterocycles. The topological polar surface area (TPSA) is 91.7 Å². The van der Waals surface area contributed by atoms with Gasteiger partial charge in [0.15, 0.2) is 0 Å². The Morgan fingerprint density at radius 2 is 1.74 bits per heavy atom. The van der Waals surface area contributed by atoms with E-state index in [2.05, 4.69) is 6.92 Å². The first-order valence-electron chi connectivity index (χ1n) is 9.94. The number of aliphatic hydroxyl groups is 1. The highest BCUT2D eigenvalue weighted by Gasteiger charge is 2.70. The Kier molecular flexibility index (Phi) is 4.75. The molecule has 7 heteroatoms. The highest BCUT2D eigenvalue weighted by Crippen LogP contribution is 2.69. The molecule has 0 bridgehead atoms. The normalized spacial score (nSPS) is 45.7. The molecule has 0 aromatic rings. The summed E-state index contributed by atoms with van der Waals surface area (Å²) < 4.78 is -0.721. The second kappa shape index (κ2) is 6.49. The predicted molar refractivity (Wildman–Crippen MR) is 106 cm³/mol. The minimum atomic E-state index is -0.921. The summed E-state index contributed by atoms with van der Waals surface area (Å²) >= 11 is 3.26. The zero-order valence-corrected chi connectivity index (χ0v) is 17.5. The minimum Gasteiger partial charge on any atom is -0.481 e. The highest BCUT2D eigenvalue weighted by molar-refractivity contribution is 8.22. The van der Waals surface area contributed by atoms with Crippen molar-refractivity contribution in [1.29, 1.82) is 0 Å². The average molecular weight is 413 g/mol. The fraction of sp³-hybridized carbons (Fsp3) is 0.850. The van der Waals surface area contributed by atoms with Crippen LogP contribution in [0.4, 0.5) is 0 Å². The zero-order valence-electron chi connectivity index (χ0n) is 15.9. The van der Waals surface area contributed by atoms with E-state index in [1.165, 1.54) is 0 Å². The maximum atomic E-state index is 13.4. The van der Waals surface area contributed by atoms with Crippen molar-refractivity contribution in [1.82, 2.24) is 0 Å². The van der Waals surface area contributed by atoms with Crippen LogP contribution >= 0.6 is 23.5 Å². The first-order chi connectivity index (χ1) is 12.7. The molecule has 0 aromatic heterocycles. The Hall–Kier alpha value is -0.530. The van der Waals surface area contributed by atoms with Crippen LogP contribution in [-0.2, 0) is 14.4 Å². The summed E-state index contributed by atoms with van der Waals surface area (Å²) in [7, 11) is 0. The molecule has 1 aliphatic heterocycles. The maximum absolute atomic E-state index is 13.4. The van der Waals surface area contributed by atoms with Crippen LogP contribution in [0.5, 0.6) is 0 Å². The molecule has 0 amide bonds. The van der Waals surface area contributed by atoms with Gasteiger partial charge in [0.05, 0.1) is 6.10 Å². The van der Waals surface area contributed by atoms with E-state index < -0.39 is 15.5 Å². The Balaban J connectivity index is 1.80. The van der Waals surface area contributed by atoms with Crippen molar-refractivity contribution >= 4 is 41.1 Å². The number of carboxylic acid groups (broad SMARTS) is 1. The van der Waals surface area contributed by atoms with Gasteiger partial charge in [0.2, 0.25) is 11.6 Å². The van der Waals surface area contributed by atoms with Crippen LogP contribution in [0.1, 0.15) is 52.4 Å². The molecule has 150 valence electrons. The molecular formula is C20H28O5S2. The van der Waals surface area contributed by atoms with E-state index in [4.69, 9.17) is 0 Å². The van der Waals surface area contributed by atoms with Crippen LogP contribution < -0.4 is 0 Å². The molecule has 1 spiro atoms. The van der Waals surface area contributed by atoms with Gasteiger partial charge in [-0.2, -0.15) is 0 Å². The lowest BCUT2D eigenvalue weighted by Gasteiger charge is -2.59. The van der Waals surface area contributed by atoms with Gasteiger partial charge in [-0.05, 0) is 55.3 Å². The SMILES string of the molecule is CC1(CCC(=O)O)C(=O)C(=O)C2(SCCS2)C2C1CCC1(C)C(O)CCC21. The van der Waals surface area contributed by atoms with Gasteiger partial charge in [0.1, 0.15) is 4.08 Å². The molecule has 6 unspecified atom stereocenters. The van der Waals surface area contributed by atoms with E-state index in [0.29, 0.717) is 0 Å². The van der Waals surface area contributed by atoms with Crippen molar-refractivity contribution < 1.29 is 24.6 Å². The lowest BCUT2D eigenvalue weighted by molar-refractivity contribution is -0.160. The molecule has 4 fully saturated rings. The van der Waals surface area contributed by atoms with Gasteiger partial charge in [-0.15, -0.1) is 23.5 Å². The second-order valence-corrected chi connectivity index (χ2v) is 12.2. The Labute approximate surface area is 168 Å². The molecule has 27 heavy (non-hydrogen) atoms. The van der Waals surface area contributed by atoms with Crippen molar-refractivity contribution in [2.24, 2.45) is 28.6 Å². The molecule has 6 atom stereocenters. The molecule has 0 aromatic carbocycles. The first kappa shape index (κ1) is 19.8. The molecule has 5 nitrogen and oxygen atoms in total. The van der Waals surface area contributed by atoms with Crippen molar-refractivity contribution in [3.05, 3.63) is 0 Å². The van der Waals surface area contributed by atoms with Crippen molar-refractivity contribution in [3.63, 3.8) is 0 Å².